The Balaban J connectivity index is 1.78. The highest BCUT2D eigenvalue weighted by atomic mass is 16.5. The average molecular weight is 269 g/mol. The smallest absolute Gasteiger partial charge is 0.237 e. The Labute approximate surface area is 116 Å². The van der Waals surface area contributed by atoms with Gasteiger partial charge in [0.15, 0.2) is 0 Å². The molecule has 2 rings (SSSR count). The van der Waals surface area contributed by atoms with Crippen LogP contribution in [0.5, 0.6) is 0 Å². The van der Waals surface area contributed by atoms with Crippen molar-refractivity contribution in [2.45, 2.75) is 51.2 Å². The van der Waals surface area contributed by atoms with Crippen molar-refractivity contribution < 1.29 is 9.53 Å². The molecule has 0 radical (unpaired) electrons. The van der Waals surface area contributed by atoms with Crippen molar-refractivity contribution in [3.8, 4) is 0 Å². The maximum Gasteiger partial charge on any atom is 0.237 e. The van der Waals surface area contributed by atoms with Crippen LogP contribution in [0.1, 0.15) is 33.1 Å². The van der Waals surface area contributed by atoms with Gasteiger partial charge in [-0.15, -0.1) is 0 Å². The first kappa shape index (κ1) is 14.8. The molecule has 2 aliphatic rings. The molecule has 2 fully saturated rings. The van der Waals surface area contributed by atoms with Crippen molar-refractivity contribution in [1.82, 2.24) is 15.5 Å². The molecule has 110 valence electrons. The molecule has 2 aliphatic heterocycles. The molecule has 3 atom stereocenters. The van der Waals surface area contributed by atoms with Crippen molar-refractivity contribution in [3.05, 3.63) is 0 Å². The summed E-state index contributed by atoms with van der Waals surface area (Å²) in [5.74, 6) is 0.160. The summed E-state index contributed by atoms with van der Waals surface area (Å²) in [4.78, 5) is 14.6. The Morgan fingerprint density at radius 1 is 1.32 bits per heavy atom. The van der Waals surface area contributed by atoms with Gasteiger partial charge >= 0.3 is 0 Å². The maximum absolute atomic E-state index is 12.2. The zero-order chi connectivity index (χ0) is 13.7. The summed E-state index contributed by atoms with van der Waals surface area (Å²) in [5.41, 5.74) is 0. The normalized spacial score (nSPS) is 28.6. The Morgan fingerprint density at radius 2 is 2.05 bits per heavy atom. The fourth-order valence-electron chi connectivity index (χ4n) is 2.82. The third kappa shape index (κ3) is 4.16. The van der Waals surface area contributed by atoms with Crippen LogP contribution >= 0.6 is 0 Å². The summed E-state index contributed by atoms with van der Waals surface area (Å²) in [6.07, 6.45) is 3.30. The summed E-state index contributed by atoms with van der Waals surface area (Å²) < 4.78 is 5.37. The van der Waals surface area contributed by atoms with E-state index in [0.29, 0.717) is 6.04 Å². The Kier molecular flexibility index (Phi) is 5.60. The van der Waals surface area contributed by atoms with Gasteiger partial charge in [0, 0.05) is 25.2 Å². The van der Waals surface area contributed by atoms with Gasteiger partial charge in [0.1, 0.15) is 0 Å². The Morgan fingerprint density at radius 3 is 2.68 bits per heavy atom. The minimum absolute atomic E-state index is 0.00749. The third-order valence-electron chi connectivity index (χ3n) is 4.34. The van der Waals surface area contributed by atoms with Gasteiger partial charge in [0.05, 0.1) is 19.3 Å². The van der Waals surface area contributed by atoms with E-state index >= 15 is 0 Å². The van der Waals surface area contributed by atoms with Crippen LogP contribution in [0.3, 0.4) is 0 Å². The van der Waals surface area contributed by atoms with E-state index in [2.05, 4.69) is 29.4 Å². The number of rotatable bonds is 4. The number of nitrogens with zero attached hydrogens (tertiary/aromatic N) is 1. The van der Waals surface area contributed by atoms with Crippen molar-refractivity contribution in [2.75, 3.05) is 32.8 Å². The lowest BCUT2D eigenvalue weighted by atomic mass is 10.0. The van der Waals surface area contributed by atoms with Crippen LogP contribution in [0.15, 0.2) is 0 Å². The topological polar surface area (TPSA) is 53.6 Å². The molecule has 0 spiro atoms. The fraction of sp³-hybridized carbons (Fsp3) is 0.929. The van der Waals surface area contributed by atoms with Crippen LogP contribution in [0.4, 0.5) is 0 Å². The number of ether oxygens (including phenoxy) is 1. The second-order valence-electron chi connectivity index (χ2n) is 5.69. The van der Waals surface area contributed by atoms with Gasteiger partial charge in [0.2, 0.25) is 5.91 Å². The van der Waals surface area contributed by atoms with Crippen LogP contribution in [0.2, 0.25) is 0 Å². The minimum Gasteiger partial charge on any atom is -0.379 e. The first-order valence-corrected chi connectivity index (χ1v) is 7.54. The molecule has 0 aromatic rings. The highest BCUT2D eigenvalue weighted by molar-refractivity contribution is 5.82. The Hall–Kier alpha value is -0.650. The molecule has 1 amide bonds. The zero-order valence-corrected chi connectivity index (χ0v) is 12.2. The minimum atomic E-state index is 0.00749. The third-order valence-corrected chi connectivity index (χ3v) is 4.34. The zero-order valence-electron chi connectivity index (χ0n) is 12.2. The van der Waals surface area contributed by atoms with Gasteiger partial charge in [-0.05, 0) is 33.2 Å². The standard InChI is InChI=1S/C14H27N3O2/c1-11(12(2)17-7-9-19-10-8-17)16-14(18)13-5-3-4-6-15-13/h11-13,15H,3-10H2,1-2H3,(H,16,18)/t11?,12?,13-/m1/s1. The highest BCUT2D eigenvalue weighted by Gasteiger charge is 2.26. The lowest BCUT2D eigenvalue weighted by Crippen LogP contribution is -2.55. The van der Waals surface area contributed by atoms with E-state index in [-0.39, 0.29) is 18.0 Å². The molecule has 2 unspecified atom stereocenters. The lowest BCUT2D eigenvalue weighted by molar-refractivity contribution is -0.124. The van der Waals surface area contributed by atoms with Crippen molar-refractivity contribution in [3.63, 3.8) is 0 Å². The molecular weight excluding hydrogens is 242 g/mol. The van der Waals surface area contributed by atoms with E-state index in [1.54, 1.807) is 0 Å². The van der Waals surface area contributed by atoms with Gasteiger partial charge < -0.3 is 15.4 Å². The van der Waals surface area contributed by atoms with Crippen LogP contribution in [0, 0.1) is 0 Å². The van der Waals surface area contributed by atoms with Gasteiger partial charge in [-0.1, -0.05) is 6.42 Å². The van der Waals surface area contributed by atoms with Gasteiger partial charge in [-0.2, -0.15) is 0 Å². The highest BCUT2D eigenvalue weighted by Crippen LogP contribution is 2.10. The van der Waals surface area contributed by atoms with Crippen molar-refractivity contribution in [2.24, 2.45) is 0 Å². The van der Waals surface area contributed by atoms with E-state index in [0.717, 1.165) is 45.7 Å². The molecule has 19 heavy (non-hydrogen) atoms. The summed E-state index contributed by atoms with van der Waals surface area (Å²) >= 11 is 0. The number of nitrogens with one attached hydrogen (secondary N) is 2. The van der Waals surface area contributed by atoms with Crippen LogP contribution in [-0.2, 0) is 9.53 Å². The largest absolute Gasteiger partial charge is 0.379 e. The van der Waals surface area contributed by atoms with Crippen LogP contribution < -0.4 is 10.6 Å². The van der Waals surface area contributed by atoms with Gasteiger partial charge in [0.25, 0.3) is 0 Å². The average Bonchev–Trinajstić information content (AvgIpc) is 2.48. The predicted molar refractivity (Wildman–Crippen MR) is 75.1 cm³/mol. The summed E-state index contributed by atoms with van der Waals surface area (Å²) in [7, 11) is 0. The second-order valence-corrected chi connectivity index (χ2v) is 5.69. The second kappa shape index (κ2) is 7.22. The molecule has 0 aliphatic carbocycles. The predicted octanol–water partition coefficient (Wildman–Crippen LogP) is 0.354. The number of carbonyl (C=O) groups excluding carboxylic acids is 1. The van der Waals surface area contributed by atoms with Gasteiger partial charge in [-0.3, -0.25) is 9.69 Å². The fourth-order valence-corrected chi connectivity index (χ4v) is 2.82. The van der Waals surface area contributed by atoms with E-state index in [1.807, 2.05) is 0 Å². The lowest BCUT2D eigenvalue weighted by Gasteiger charge is -2.36. The molecule has 2 saturated heterocycles. The summed E-state index contributed by atoms with van der Waals surface area (Å²) in [6, 6.07) is 0.541. The van der Waals surface area contributed by atoms with Crippen LogP contribution in [-0.4, -0.2) is 61.8 Å². The van der Waals surface area contributed by atoms with Crippen LogP contribution in [0.25, 0.3) is 0 Å². The molecule has 0 aromatic heterocycles. The number of hydrogen-bond acceptors (Lipinski definition) is 4. The number of amides is 1. The Bertz CT molecular complexity index is 286. The maximum atomic E-state index is 12.2. The number of morpholine rings is 1. The summed E-state index contributed by atoms with van der Waals surface area (Å²) in [6.45, 7) is 8.77. The number of piperidine rings is 1. The molecule has 0 aromatic carbocycles. The first-order chi connectivity index (χ1) is 9.18. The first-order valence-electron chi connectivity index (χ1n) is 7.54. The molecule has 5 nitrogen and oxygen atoms in total. The molecule has 0 saturated carbocycles. The number of carbonyl (C=O) groups is 1. The van der Waals surface area contributed by atoms with Crippen molar-refractivity contribution in [1.29, 1.82) is 0 Å². The molecule has 5 heteroatoms. The molecular formula is C14H27N3O2. The SMILES string of the molecule is CC(NC(=O)[C@H]1CCCCN1)C(C)N1CCOCC1. The summed E-state index contributed by atoms with van der Waals surface area (Å²) in [5, 5.41) is 6.46. The molecule has 2 N–H and O–H groups in total. The monoisotopic (exact) mass is 269 g/mol. The van der Waals surface area contributed by atoms with E-state index in [9.17, 15) is 4.79 Å². The van der Waals surface area contributed by atoms with Crippen molar-refractivity contribution >= 4 is 5.91 Å². The van der Waals surface area contributed by atoms with E-state index in [1.165, 1.54) is 6.42 Å². The number of hydrogen-bond donors (Lipinski definition) is 2. The molecule has 2 heterocycles. The van der Waals surface area contributed by atoms with E-state index in [4.69, 9.17) is 4.74 Å². The van der Waals surface area contributed by atoms with E-state index < -0.39 is 0 Å². The quantitative estimate of drug-likeness (QED) is 0.773. The van der Waals surface area contributed by atoms with Gasteiger partial charge in [-0.25, -0.2) is 0 Å². The molecule has 0 bridgehead atoms.